The molecule has 4 aromatic carbocycles. The average molecular weight is 457 g/mol. The van der Waals surface area contributed by atoms with Gasteiger partial charge in [-0.2, -0.15) is 0 Å². The van der Waals surface area contributed by atoms with E-state index in [9.17, 15) is 4.79 Å². The van der Waals surface area contributed by atoms with Crippen molar-refractivity contribution in [2.45, 2.75) is 24.2 Å². The molecule has 0 radical (unpaired) electrons. The minimum absolute atomic E-state index is 0.0512. The van der Waals surface area contributed by atoms with Gasteiger partial charge >= 0.3 is 0 Å². The number of nitrogens with zero attached hydrogens (tertiary/aromatic N) is 2. The molecule has 8 atom stereocenters. The predicted molar refractivity (Wildman–Crippen MR) is 137 cm³/mol. The second-order valence-electron chi connectivity index (χ2n) is 10.0. The Balaban J connectivity index is 1.36. The van der Waals surface area contributed by atoms with Gasteiger partial charge in [-0.25, -0.2) is 0 Å². The molecule has 0 spiro atoms. The first-order chi connectivity index (χ1) is 17.3. The zero-order chi connectivity index (χ0) is 23.4. The van der Waals surface area contributed by atoms with E-state index in [-0.39, 0.29) is 36.0 Å². The van der Waals surface area contributed by atoms with Crippen LogP contribution in [-0.2, 0) is 4.79 Å². The molecule has 172 valence electrons. The van der Waals surface area contributed by atoms with Crippen LogP contribution in [0.2, 0.25) is 0 Å². The molecule has 0 aliphatic carbocycles. The van der Waals surface area contributed by atoms with Crippen molar-refractivity contribution in [3.63, 3.8) is 0 Å². The van der Waals surface area contributed by atoms with Gasteiger partial charge in [0, 0.05) is 24.2 Å². The molecule has 0 amide bonds. The first kappa shape index (κ1) is 20.8. The number of hydrogen-bond acceptors (Lipinski definition) is 3. The third-order valence-corrected chi connectivity index (χ3v) is 8.34. The standard InChI is InChI=1S/C32H28N2O/c35-32-26-28(22-13-5-1-6-14-22)33(29(26)23-15-7-2-8-16-23)21-34-30(24-17-9-3-10-18-24)27(32)31(34)25-19-11-4-12-20-25/h1-20,26-31H,21H2/t26?,27?,28-,29+,30-,31+. The van der Waals surface area contributed by atoms with Gasteiger partial charge in [0.1, 0.15) is 5.78 Å². The molecule has 3 heterocycles. The van der Waals surface area contributed by atoms with E-state index in [0.717, 1.165) is 6.67 Å². The van der Waals surface area contributed by atoms with Crippen molar-refractivity contribution < 1.29 is 4.79 Å². The van der Waals surface area contributed by atoms with E-state index < -0.39 is 0 Å². The molecule has 0 saturated carbocycles. The van der Waals surface area contributed by atoms with Crippen molar-refractivity contribution in [1.29, 1.82) is 0 Å². The fourth-order valence-electron chi connectivity index (χ4n) is 6.89. The van der Waals surface area contributed by atoms with Gasteiger partial charge in [0.05, 0.1) is 18.5 Å². The first-order valence-electron chi connectivity index (χ1n) is 12.6. The summed E-state index contributed by atoms with van der Waals surface area (Å²) < 4.78 is 0. The van der Waals surface area contributed by atoms with E-state index in [4.69, 9.17) is 0 Å². The highest BCUT2D eigenvalue weighted by Crippen LogP contribution is 2.63. The molecule has 7 rings (SSSR count). The summed E-state index contributed by atoms with van der Waals surface area (Å²) in [4.78, 5) is 19.8. The van der Waals surface area contributed by atoms with Crippen LogP contribution in [0.5, 0.6) is 0 Å². The summed E-state index contributed by atoms with van der Waals surface area (Å²) in [5.41, 5.74) is 4.97. The number of Topliss-reactive ketones (excluding diaryl/α,β-unsaturated/α-hetero) is 1. The van der Waals surface area contributed by atoms with E-state index in [0.29, 0.717) is 5.78 Å². The Morgan fingerprint density at radius 1 is 0.429 bits per heavy atom. The van der Waals surface area contributed by atoms with Crippen LogP contribution in [0.3, 0.4) is 0 Å². The van der Waals surface area contributed by atoms with Crippen molar-refractivity contribution in [2.75, 3.05) is 6.67 Å². The topological polar surface area (TPSA) is 23.6 Å². The summed E-state index contributed by atoms with van der Waals surface area (Å²) in [5.74, 6) is 0.303. The number of rotatable bonds is 4. The second kappa shape index (κ2) is 8.30. The minimum atomic E-state index is -0.0512. The van der Waals surface area contributed by atoms with Gasteiger partial charge in [0.15, 0.2) is 0 Å². The maximum Gasteiger partial charge on any atom is 0.146 e. The van der Waals surface area contributed by atoms with Gasteiger partial charge in [0.2, 0.25) is 0 Å². The van der Waals surface area contributed by atoms with E-state index in [1.807, 2.05) is 0 Å². The van der Waals surface area contributed by atoms with Crippen molar-refractivity contribution in [3.05, 3.63) is 144 Å². The largest absolute Gasteiger partial charge is 0.299 e. The Labute approximate surface area is 206 Å². The predicted octanol–water partition coefficient (Wildman–Crippen LogP) is 6.36. The molecule has 3 aliphatic rings. The Hall–Kier alpha value is -3.53. The molecule has 4 bridgehead atoms. The highest BCUT2D eigenvalue weighted by molar-refractivity contribution is 5.89. The molecular weight excluding hydrogens is 428 g/mol. The molecule has 3 heteroatoms. The van der Waals surface area contributed by atoms with Gasteiger partial charge in [-0.3, -0.25) is 14.6 Å². The Morgan fingerprint density at radius 3 is 0.943 bits per heavy atom. The zero-order valence-corrected chi connectivity index (χ0v) is 19.5. The van der Waals surface area contributed by atoms with Crippen LogP contribution in [0.4, 0.5) is 0 Å². The fraction of sp³-hybridized carbons (Fsp3) is 0.219. The van der Waals surface area contributed by atoms with Gasteiger partial charge in [-0.15, -0.1) is 0 Å². The quantitative estimate of drug-likeness (QED) is 0.357. The fourth-order valence-corrected chi connectivity index (χ4v) is 6.89. The number of carbonyl (C=O) groups excluding carboxylic acids is 1. The zero-order valence-electron chi connectivity index (χ0n) is 19.5. The highest BCUT2D eigenvalue weighted by atomic mass is 16.1. The summed E-state index contributed by atoms with van der Waals surface area (Å²) in [6.45, 7) is 0.832. The highest BCUT2D eigenvalue weighted by Gasteiger charge is 2.65. The summed E-state index contributed by atoms with van der Waals surface area (Å²) in [7, 11) is 0. The number of benzene rings is 4. The molecule has 4 unspecified atom stereocenters. The van der Waals surface area contributed by atoms with Crippen LogP contribution in [0.25, 0.3) is 0 Å². The number of carbonyl (C=O) groups is 1. The lowest BCUT2D eigenvalue weighted by molar-refractivity contribution is -0.208. The minimum Gasteiger partial charge on any atom is -0.299 e. The number of fused-ring (bicyclic) bond motifs is 4. The molecule has 3 saturated heterocycles. The normalized spacial score (nSPS) is 33.1. The maximum absolute atomic E-state index is 14.7. The smallest absolute Gasteiger partial charge is 0.146 e. The summed E-state index contributed by atoms with van der Waals surface area (Å²) in [6, 6.07) is 42.9. The summed E-state index contributed by atoms with van der Waals surface area (Å²) >= 11 is 0. The Morgan fingerprint density at radius 2 is 0.686 bits per heavy atom. The summed E-state index contributed by atoms with van der Waals surface area (Å²) in [5, 5.41) is 0. The van der Waals surface area contributed by atoms with E-state index in [1.165, 1.54) is 22.3 Å². The van der Waals surface area contributed by atoms with E-state index in [1.54, 1.807) is 0 Å². The second-order valence-corrected chi connectivity index (χ2v) is 10.0. The van der Waals surface area contributed by atoms with Crippen LogP contribution in [0, 0.1) is 11.8 Å². The Bertz CT molecular complexity index is 1130. The molecule has 3 aliphatic heterocycles. The molecular formula is C32H28N2O. The van der Waals surface area contributed by atoms with Crippen LogP contribution < -0.4 is 0 Å². The number of ketones is 1. The lowest BCUT2D eigenvalue weighted by Gasteiger charge is -2.67. The SMILES string of the molecule is O=C1C2[C@@H](c3ccccc3)N(CN3[C@H](c4ccccc4)C1[C@@H]3c1ccccc1)[C@H]2c1ccccc1. The van der Waals surface area contributed by atoms with Crippen molar-refractivity contribution in [3.8, 4) is 0 Å². The van der Waals surface area contributed by atoms with Crippen LogP contribution >= 0.6 is 0 Å². The first-order valence-corrected chi connectivity index (χ1v) is 12.6. The van der Waals surface area contributed by atoms with Gasteiger partial charge in [-0.1, -0.05) is 121 Å². The lowest BCUT2D eigenvalue weighted by Crippen LogP contribution is -2.69. The molecule has 0 aromatic heterocycles. The average Bonchev–Trinajstić information content (AvgIpc) is 2.88. The molecule has 3 nitrogen and oxygen atoms in total. The van der Waals surface area contributed by atoms with Gasteiger partial charge in [0.25, 0.3) is 0 Å². The van der Waals surface area contributed by atoms with Crippen molar-refractivity contribution >= 4 is 5.78 Å². The van der Waals surface area contributed by atoms with Gasteiger partial charge in [-0.05, 0) is 22.3 Å². The van der Waals surface area contributed by atoms with E-state index in [2.05, 4.69) is 131 Å². The third kappa shape index (κ3) is 3.16. The number of hydrogen-bond donors (Lipinski definition) is 0. The van der Waals surface area contributed by atoms with Gasteiger partial charge < -0.3 is 0 Å². The molecule has 0 N–H and O–H groups in total. The van der Waals surface area contributed by atoms with Crippen LogP contribution in [0.1, 0.15) is 46.4 Å². The molecule has 3 fully saturated rings. The summed E-state index contributed by atoms with van der Waals surface area (Å²) in [6.07, 6.45) is 0. The lowest BCUT2D eigenvalue weighted by atomic mass is 9.60. The van der Waals surface area contributed by atoms with Crippen LogP contribution in [0.15, 0.2) is 121 Å². The third-order valence-electron chi connectivity index (χ3n) is 8.34. The maximum atomic E-state index is 14.7. The monoisotopic (exact) mass is 456 g/mol. The molecule has 35 heavy (non-hydrogen) atoms. The van der Waals surface area contributed by atoms with Crippen molar-refractivity contribution in [1.82, 2.24) is 9.80 Å². The Kier molecular flexibility index (Phi) is 4.93. The van der Waals surface area contributed by atoms with Crippen molar-refractivity contribution in [2.24, 2.45) is 11.8 Å². The van der Waals surface area contributed by atoms with E-state index >= 15 is 0 Å². The molecule has 4 aromatic rings. The van der Waals surface area contributed by atoms with Crippen LogP contribution in [-0.4, -0.2) is 22.3 Å².